The number of nitrogens with one attached hydrogen (secondary N) is 2. The quantitative estimate of drug-likeness (QED) is 0.810. The maximum absolute atomic E-state index is 12.0. The summed E-state index contributed by atoms with van der Waals surface area (Å²) in [6, 6.07) is 15.4. The van der Waals surface area contributed by atoms with Gasteiger partial charge in [0.25, 0.3) is 0 Å². The highest BCUT2D eigenvalue weighted by Gasteiger charge is 2.03. The molecule has 0 aliphatic rings. The normalized spacial score (nSPS) is 10.4. The van der Waals surface area contributed by atoms with Crippen molar-refractivity contribution in [2.75, 3.05) is 23.8 Å². The van der Waals surface area contributed by atoms with Crippen LogP contribution in [0.25, 0.3) is 0 Å². The van der Waals surface area contributed by atoms with Crippen molar-refractivity contribution >= 4 is 17.3 Å². The van der Waals surface area contributed by atoms with Crippen LogP contribution < -0.4 is 15.4 Å². The van der Waals surface area contributed by atoms with Gasteiger partial charge < -0.3 is 15.4 Å². The number of aryl methyl sites for hydroxylation is 1. The van der Waals surface area contributed by atoms with Gasteiger partial charge in [0.15, 0.2) is 0 Å². The van der Waals surface area contributed by atoms with E-state index in [9.17, 15) is 4.79 Å². The van der Waals surface area contributed by atoms with Crippen LogP contribution in [0.15, 0.2) is 48.5 Å². The monoisotopic (exact) mass is 312 g/mol. The number of anilines is 2. The van der Waals surface area contributed by atoms with Gasteiger partial charge in [-0.25, -0.2) is 0 Å². The lowest BCUT2D eigenvalue weighted by molar-refractivity contribution is -0.114. The number of rotatable bonds is 7. The average molecular weight is 312 g/mol. The lowest BCUT2D eigenvalue weighted by atomic mass is 10.2. The van der Waals surface area contributed by atoms with Crippen molar-refractivity contribution < 1.29 is 9.53 Å². The highest BCUT2D eigenvalue weighted by atomic mass is 16.5. The molecule has 0 fully saturated rings. The van der Waals surface area contributed by atoms with E-state index in [1.165, 1.54) is 5.56 Å². The molecular formula is C19H24N2O2. The molecule has 0 unspecified atom stereocenters. The second-order valence-corrected chi connectivity index (χ2v) is 6.00. The topological polar surface area (TPSA) is 50.4 Å². The maximum atomic E-state index is 12.0. The Labute approximate surface area is 137 Å². The fourth-order valence-electron chi connectivity index (χ4n) is 1.98. The van der Waals surface area contributed by atoms with Gasteiger partial charge in [0, 0.05) is 17.4 Å². The summed E-state index contributed by atoms with van der Waals surface area (Å²) in [5, 5.41) is 5.97. The predicted molar refractivity (Wildman–Crippen MR) is 95.1 cm³/mol. The van der Waals surface area contributed by atoms with Gasteiger partial charge in [-0.3, -0.25) is 4.79 Å². The summed E-state index contributed by atoms with van der Waals surface area (Å²) in [7, 11) is 0. The molecule has 2 rings (SSSR count). The number of hydrogen-bond donors (Lipinski definition) is 2. The molecule has 0 spiro atoms. The van der Waals surface area contributed by atoms with Crippen LogP contribution in [-0.2, 0) is 4.79 Å². The molecule has 23 heavy (non-hydrogen) atoms. The first-order valence-corrected chi connectivity index (χ1v) is 7.86. The molecule has 4 nitrogen and oxygen atoms in total. The van der Waals surface area contributed by atoms with E-state index in [2.05, 4.69) is 24.5 Å². The molecule has 2 aromatic rings. The molecule has 0 aromatic heterocycles. The van der Waals surface area contributed by atoms with Gasteiger partial charge in [-0.1, -0.05) is 37.6 Å². The first-order chi connectivity index (χ1) is 11.0. The van der Waals surface area contributed by atoms with Crippen LogP contribution in [0.3, 0.4) is 0 Å². The Hall–Kier alpha value is -2.49. The number of hydrogen-bond acceptors (Lipinski definition) is 3. The van der Waals surface area contributed by atoms with Crippen molar-refractivity contribution in [2.45, 2.75) is 20.8 Å². The van der Waals surface area contributed by atoms with E-state index in [4.69, 9.17) is 4.74 Å². The molecule has 0 saturated carbocycles. The predicted octanol–water partition coefficient (Wildman–Crippen LogP) is 4.08. The minimum atomic E-state index is -0.0812. The molecule has 2 aromatic carbocycles. The minimum absolute atomic E-state index is 0.0812. The van der Waals surface area contributed by atoms with E-state index in [0.717, 1.165) is 17.1 Å². The molecule has 1 amide bonds. The van der Waals surface area contributed by atoms with Crippen LogP contribution in [0.5, 0.6) is 5.75 Å². The SMILES string of the molecule is Cc1ccc(NC(=O)CNc2cccc(OCC(C)C)c2)cc1. The minimum Gasteiger partial charge on any atom is -0.493 e. The summed E-state index contributed by atoms with van der Waals surface area (Å²) in [4.78, 5) is 12.0. The Balaban J connectivity index is 1.84. The van der Waals surface area contributed by atoms with Crippen molar-refractivity contribution in [1.82, 2.24) is 0 Å². The molecule has 0 aliphatic heterocycles. The molecule has 0 atom stereocenters. The van der Waals surface area contributed by atoms with E-state index in [0.29, 0.717) is 12.5 Å². The van der Waals surface area contributed by atoms with Gasteiger partial charge in [0.1, 0.15) is 5.75 Å². The van der Waals surface area contributed by atoms with E-state index in [-0.39, 0.29) is 12.5 Å². The zero-order valence-corrected chi connectivity index (χ0v) is 13.9. The lowest BCUT2D eigenvalue weighted by Crippen LogP contribution is -2.21. The Kier molecular flexibility index (Phi) is 6.03. The first kappa shape index (κ1) is 16.9. The number of benzene rings is 2. The Morgan fingerprint density at radius 1 is 1.09 bits per heavy atom. The Bertz CT molecular complexity index is 636. The fourth-order valence-corrected chi connectivity index (χ4v) is 1.98. The molecule has 0 heterocycles. The molecular weight excluding hydrogens is 288 g/mol. The van der Waals surface area contributed by atoms with Crippen molar-refractivity contribution in [3.05, 3.63) is 54.1 Å². The third-order valence-corrected chi connectivity index (χ3v) is 3.21. The molecule has 0 bridgehead atoms. The second kappa shape index (κ2) is 8.22. The van der Waals surface area contributed by atoms with Crippen molar-refractivity contribution in [1.29, 1.82) is 0 Å². The van der Waals surface area contributed by atoms with E-state index < -0.39 is 0 Å². The highest BCUT2D eigenvalue weighted by Crippen LogP contribution is 2.18. The summed E-state index contributed by atoms with van der Waals surface area (Å²) in [6.07, 6.45) is 0. The zero-order valence-electron chi connectivity index (χ0n) is 13.9. The smallest absolute Gasteiger partial charge is 0.243 e. The summed E-state index contributed by atoms with van der Waals surface area (Å²) >= 11 is 0. The lowest BCUT2D eigenvalue weighted by Gasteiger charge is -2.11. The summed E-state index contributed by atoms with van der Waals surface area (Å²) in [5.74, 6) is 1.21. The maximum Gasteiger partial charge on any atom is 0.243 e. The van der Waals surface area contributed by atoms with Crippen molar-refractivity contribution in [3.63, 3.8) is 0 Å². The van der Waals surface area contributed by atoms with Gasteiger partial charge in [-0.2, -0.15) is 0 Å². The summed E-state index contributed by atoms with van der Waals surface area (Å²) < 4.78 is 5.68. The van der Waals surface area contributed by atoms with Crippen LogP contribution in [0, 0.1) is 12.8 Å². The summed E-state index contributed by atoms with van der Waals surface area (Å²) in [5.41, 5.74) is 2.83. The van der Waals surface area contributed by atoms with E-state index in [1.807, 2.05) is 55.5 Å². The number of amides is 1. The third-order valence-electron chi connectivity index (χ3n) is 3.21. The molecule has 2 N–H and O–H groups in total. The Morgan fingerprint density at radius 3 is 2.52 bits per heavy atom. The van der Waals surface area contributed by atoms with E-state index >= 15 is 0 Å². The molecule has 122 valence electrons. The number of ether oxygens (including phenoxy) is 1. The first-order valence-electron chi connectivity index (χ1n) is 7.86. The zero-order chi connectivity index (χ0) is 16.7. The molecule has 0 saturated heterocycles. The van der Waals surface area contributed by atoms with Gasteiger partial charge in [0.05, 0.1) is 13.2 Å². The van der Waals surface area contributed by atoms with Crippen LogP contribution in [0.1, 0.15) is 19.4 Å². The number of carbonyl (C=O) groups is 1. The molecule has 4 heteroatoms. The van der Waals surface area contributed by atoms with Crippen molar-refractivity contribution in [3.8, 4) is 5.75 Å². The van der Waals surface area contributed by atoms with Gasteiger partial charge in [-0.15, -0.1) is 0 Å². The molecule has 0 aliphatic carbocycles. The Morgan fingerprint density at radius 2 is 1.83 bits per heavy atom. The van der Waals surface area contributed by atoms with Gasteiger partial charge in [0.2, 0.25) is 5.91 Å². The van der Waals surface area contributed by atoms with Crippen LogP contribution in [0.2, 0.25) is 0 Å². The van der Waals surface area contributed by atoms with Crippen LogP contribution >= 0.6 is 0 Å². The van der Waals surface area contributed by atoms with Crippen LogP contribution in [0.4, 0.5) is 11.4 Å². The highest BCUT2D eigenvalue weighted by molar-refractivity contribution is 5.93. The number of carbonyl (C=O) groups excluding carboxylic acids is 1. The summed E-state index contributed by atoms with van der Waals surface area (Å²) in [6.45, 7) is 7.12. The third kappa shape index (κ3) is 6.02. The van der Waals surface area contributed by atoms with Gasteiger partial charge in [-0.05, 0) is 37.1 Å². The second-order valence-electron chi connectivity index (χ2n) is 6.00. The van der Waals surface area contributed by atoms with Crippen molar-refractivity contribution in [2.24, 2.45) is 5.92 Å². The molecule has 0 radical (unpaired) electrons. The van der Waals surface area contributed by atoms with Crippen LogP contribution in [-0.4, -0.2) is 19.1 Å². The largest absolute Gasteiger partial charge is 0.493 e. The average Bonchev–Trinajstić information content (AvgIpc) is 2.54. The van der Waals surface area contributed by atoms with E-state index in [1.54, 1.807) is 0 Å². The fraction of sp³-hybridized carbons (Fsp3) is 0.316. The standard InChI is InChI=1S/C19H24N2O2/c1-14(2)13-23-18-6-4-5-17(11-18)20-12-19(22)21-16-9-7-15(3)8-10-16/h4-11,14,20H,12-13H2,1-3H3,(H,21,22). The van der Waals surface area contributed by atoms with Gasteiger partial charge >= 0.3 is 0 Å².